The predicted molar refractivity (Wildman–Crippen MR) is 90.1 cm³/mol. The molecule has 2 N–H and O–H groups in total. The zero-order valence-electron chi connectivity index (χ0n) is 13.5. The second-order valence-corrected chi connectivity index (χ2v) is 6.31. The lowest BCUT2D eigenvalue weighted by molar-refractivity contribution is 0.277. The van der Waals surface area contributed by atoms with E-state index in [4.69, 9.17) is 5.73 Å². The van der Waals surface area contributed by atoms with Gasteiger partial charge in [-0.15, -0.1) is 0 Å². The molecule has 1 fully saturated rings. The van der Waals surface area contributed by atoms with Gasteiger partial charge in [-0.1, -0.05) is 13.0 Å². The fourth-order valence-corrected chi connectivity index (χ4v) is 2.95. The number of hydrogen-bond acceptors (Lipinski definition) is 2. The summed E-state index contributed by atoms with van der Waals surface area (Å²) in [4.78, 5) is 11.4. The lowest BCUT2D eigenvalue weighted by Crippen LogP contribution is -2.42. The van der Waals surface area contributed by atoms with Gasteiger partial charge in [0.1, 0.15) is 5.65 Å². The minimum absolute atomic E-state index is 0.687. The fraction of sp³-hybridized carbons (Fsp3) is 0.529. The Kier molecular flexibility index (Phi) is 4.32. The number of aromatic nitrogens is 2. The monoisotopic (exact) mass is 299 g/mol. The van der Waals surface area contributed by atoms with E-state index in [2.05, 4.69) is 45.4 Å². The Morgan fingerprint density at radius 2 is 2.18 bits per heavy atom. The van der Waals surface area contributed by atoms with Crippen LogP contribution in [-0.4, -0.2) is 39.9 Å². The van der Waals surface area contributed by atoms with Gasteiger partial charge in [0.15, 0.2) is 5.96 Å². The van der Waals surface area contributed by atoms with Crippen LogP contribution in [0.2, 0.25) is 0 Å². The van der Waals surface area contributed by atoms with Crippen LogP contribution < -0.4 is 5.73 Å². The highest BCUT2D eigenvalue weighted by Gasteiger charge is 2.16. The quantitative estimate of drug-likeness (QED) is 0.698. The molecule has 2 aromatic rings. The van der Waals surface area contributed by atoms with Crippen LogP contribution >= 0.6 is 0 Å². The molecule has 0 radical (unpaired) electrons. The van der Waals surface area contributed by atoms with Crippen molar-refractivity contribution in [2.45, 2.75) is 33.1 Å². The molecule has 0 bridgehead atoms. The van der Waals surface area contributed by atoms with Gasteiger partial charge in [-0.3, -0.25) is 4.99 Å². The van der Waals surface area contributed by atoms with Gasteiger partial charge in [0.05, 0.1) is 5.69 Å². The molecule has 0 aromatic carbocycles. The van der Waals surface area contributed by atoms with Crippen molar-refractivity contribution in [2.24, 2.45) is 16.6 Å². The number of nitrogens with zero attached hydrogens (tertiary/aromatic N) is 4. The average Bonchev–Trinajstić information content (AvgIpc) is 2.92. The molecule has 0 spiro atoms. The summed E-state index contributed by atoms with van der Waals surface area (Å²) < 4.78 is 2.07. The second-order valence-electron chi connectivity index (χ2n) is 6.31. The summed E-state index contributed by atoms with van der Waals surface area (Å²) in [6, 6.07) is 4.13. The SMILES string of the molecule is Cc1cccn2cc(CCN=C(N)N3CCC(C)CC3)nc12. The van der Waals surface area contributed by atoms with Crippen LogP contribution in [0.15, 0.2) is 29.5 Å². The van der Waals surface area contributed by atoms with Crippen LogP contribution in [0.1, 0.15) is 31.0 Å². The molecule has 0 amide bonds. The smallest absolute Gasteiger partial charge is 0.191 e. The van der Waals surface area contributed by atoms with Gasteiger partial charge in [0, 0.05) is 38.4 Å². The van der Waals surface area contributed by atoms with Gasteiger partial charge >= 0.3 is 0 Å². The van der Waals surface area contributed by atoms with E-state index < -0.39 is 0 Å². The van der Waals surface area contributed by atoms with Gasteiger partial charge in [-0.2, -0.15) is 0 Å². The number of piperidine rings is 1. The molecule has 1 saturated heterocycles. The maximum atomic E-state index is 6.11. The van der Waals surface area contributed by atoms with Crippen molar-refractivity contribution in [1.82, 2.24) is 14.3 Å². The topological polar surface area (TPSA) is 58.9 Å². The molecule has 118 valence electrons. The standard InChI is InChI=1S/C17H25N5/c1-13-6-10-21(11-7-13)17(18)19-8-5-15-12-22-9-3-4-14(2)16(22)20-15/h3-4,9,12-13H,5-8,10-11H2,1-2H3,(H2,18,19). The number of guanidine groups is 1. The minimum atomic E-state index is 0.687. The van der Waals surface area contributed by atoms with Crippen LogP contribution in [0.5, 0.6) is 0 Å². The molecule has 22 heavy (non-hydrogen) atoms. The molecular formula is C17H25N5. The lowest BCUT2D eigenvalue weighted by Gasteiger charge is -2.31. The number of rotatable bonds is 3. The van der Waals surface area contributed by atoms with Gasteiger partial charge in [0.2, 0.25) is 0 Å². The predicted octanol–water partition coefficient (Wildman–Crippen LogP) is 2.23. The van der Waals surface area contributed by atoms with E-state index in [1.54, 1.807) is 0 Å². The van der Waals surface area contributed by atoms with Crippen LogP contribution in [0, 0.1) is 12.8 Å². The largest absolute Gasteiger partial charge is 0.370 e. The summed E-state index contributed by atoms with van der Waals surface area (Å²) in [7, 11) is 0. The second kappa shape index (κ2) is 6.38. The van der Waals surface area contributed by atoms with Crippen molar-refractivity contribution in [2.75, 3.05) is 19.6 Å². The van der Waals surface area contributed by atoms with Crippen molar-refractivity contribution in [3.63, 3.8) is 0 Å². The summed E-state index contributed by atoms with van der Waals surface area (Å²) >= 11 is 0. The first kappa shape index (κ1) is 14.9. The zero-order valence-corrected chi connectivity index (χ0v) is 13.5. The number of pyridine rings is 1. The maximum absolute atomic E-state index is 6.11. The Morgan fingerprint density at radius 3 is 2.91 bits per heavy atom. The number of aliphatic imine (C=N–C) groups is 1. The molecule has 0 unspecified atom stereocenters. The van der Waals surface area contributed by atoms with Crippen molar-refractivity contribution in [3.8, 4) is 0 Å². The third-order valence-corrected chi connectivity index (χ3v) is 4.48. The van der Waals surface area contributed by atoms with E-state index in [0.717, 1.165) is 36.8 Å². The van der Waals surface area contributed by atoms with E-state index in [-0.39, 0.29) is 0 Å². The Bertz CT molecular complexity index is 665. The van der Waals surface area contributed by atoms with Gasteiger partial charge in [0.25, 0.3) is 0 Å². The third kappa shape index (κ3) is 3.24. The van der Waals surface area contributed by atoms with Crippen LogP contribution in [0.25, 0.3) is 5.65 Å². The molecule has 0 aliphatic carbocycles. The Balaban J connectivity index is 1.59. The molecule has 1 aliphatic heterocycles. The number of fused-ring (bicyclic) bond motifs is 1. The summed E-state index contributed by atoms with van der Waals surface area (Å²) in [6.45, 7) is 7.14. The summed E-state index contributed by atoms with van der Waals surface area (Å²) in [5, 5.41) is 0. The molecule has 5 nitrogen and oxygen atoms in total. The lowest BCUT2D eigenvalue weighted by atomic mass is 10.00. The van der Waals surface area contributed by atoms with Crippen molar-refractivity contribution in [1.29, 1.82) is 0 Å². The normalized spacial score (nSPS) is 17.4. The average molecular weight is 299 g/mol. The van der Waals surface area contributed by atoms with E-state index in [1.807, 2.05) is 12.3 Å². The first-order valence-electron chi connectivity index (χ1n) is 8.11. The van der Waals surface area contributed by atoms with Crippen molar-refractivity contribution >= 4 is 11.6 Å². The summed E-state index contributed by atoms with van der Waals surface area (Å²) in [5.41, 5.74) is 9.40. The third-order valence-electron chi connectivity index (χ3n) is 4.48. The molecule has 0 saturated carbocycles. The number of hydrogen-bond donors (Lipinski definition) is 1. The van der Waals surface area contributed by atoms with E-state index >= 15 is 0 Å². The highest BCUT2D eigenvalue weighted by Crippen LogP contribution is 2.15. The molecule has 5 heteroatoms. The molecule has 2 aromatic heterocycles. The number of aryl methyl sites for hydroxylation is 1. The molecule has 1 aliphatic rings. The molecular weight excluding hydrogens is 274 g/mol. The van der Waals surface area contributed by atoms with Crippen LogP contribution in [-0.2, 0) is 6.42 Å². The summed E-state index contributed by atoms with van der Waals surface area (Å²) in [5.74, 6) is 1.50. The maximum Gasteiger partial charge on any atom is 0.191 e. The Hall–Kier alpha value is -2.04. The van der Waals surface area contributed by atoms with Gasteiger partial charge < -0.3 is 15.0 Å². The van der Waals surface area contributed by atoms with Crippen LogP contribution in [0.4, 0.5) is 0 Å². The van der Waals surface area contributed by atoms with Gasteiger partial charge in [-0.05, 0) is 37.3 Å². The minimum Gasteiger partial charge on any atom is -0.370 e. The van der Waals surface area contributed by atoms with Gasteiger partial charge in [-0.25, -0.2) is 4.98 Å². The number of imidazole rings is 1. The number of nitrogens with two attached hydrogens (primary N) is 1. The first-order valence-corrected chi connectivity index (χ1v) is 8.11. The number of likely N-dealkylation sites (tertiary alicyclic amines) is 1. The van der Waals surface area contributed by atoms with E-state index in [0.29, 0.717) is 12.5 Å². The van der Waals surface area contributed by atoms with E-state index in [9.17, 15) is 0 Å². The Morgan fingerprint density at radius 1 is 1.41 bits per heavy atom. The van der Waals surface area contributed by atoms with Crippen molar-refractivity contribution < 1.29 is 0 Å². The first-order chi connectivity index (χ1) is 10.6. The fourth-order valence-electron chi connectivity index (χ4n) is 2.95. The van der Waals surface area contributed by atoms with Crippen molar-refractivity contribution in [3.05, 3.63) is 35.8 Å². The highest BCUT2D eigenvalue weighted by molar-refractivity contribution is 5.78. The molecule has 3 heterocycles. The zero-order chi connectivity index (χ0) is 15.5. The molecule has 3 rings (SSSR count). The Labute approximate surface area is 131 Å². The van der Waals surface area contributed by atoms with Crippen LogP contribution in [0.3, 0.4) is 0 Å². The molecule has 0 atom stereocenters. The van der Waals surface area contributed by atoms with E-state index in [1.165, 1.54) is 18.4 Å². The highest BCUT2D eigenvalue weighted by atomic mass is 15.3. The summed E-state index contributed by atoms with van der Waals surface area (Å²) in [6.07, 6.45) is 7.36.